The summed E-state index contributed by atoms with van der Waals surface area (Å²) in [5.41, 5.74) is 0.323. The first-order chi connectivity index (χ1) is 6.88. The number of rotatable bonds is 6. The number of aldehydes is 1. The molecule has 4 nitrogen and oxygen atoms in total. The number of pyridine rings is 1. The Bertz CT molecular complexity index is 288. The lowest BCUT2D eigenvalue weighted by Crippen LogP contribution is -2.07. The van der Waals surface area contributed by atoms with Crippen LogP contribution in [0.4, 0.5) is 0 Å². The van der Waals surface area contributed by atoms with Gasteiger partial charge in [-0.15, -0.1) is 0 Å². The molecule has 0 saturated heterocycles. The largest absolute Gasteiger partial charge is 0.489 e. The van der Waals surface area contributed by atoms with Crippen LogP contribution in [0.2, 0.25) is 0 Å². The van der Waals surface area contributed by atoms with Crippen LogP contribution in [-0.4, -0.2) is 31.1 Å². The van der Waals surface area contributed by atoms with Crippen LogP contribution >= 0.6 is 0 Å². The van der Waals surface area contributed by atoms with E-state index in [9.17, 15) is 4.79 Å². The molecule has 0 aliphatic heterocycles. The van der Waals surface area contributed by atoms with E-state index >= 15 is 0 Å². The standard InChI is InChI=1S/C10H13NO3/c1-2-13-6-7-14-10-4-3-5-11-9(10)8-12/h3-5,8H,2,6-7H2,1H3. The average molecular weight is 195 g/mol. The minimum atomic E-state index is 0.323. The third-order valence-corrected chi connectivity index (χ3v) is 1.60. The van der Waals surface area contributed by atoms with Crippen molar-refractivity contribution in [2.75, 3.05) is 19.8 Å². The fourth-order valence-electron chi connectivity index (χ4n) is 0.968. The zero-order valence-electron chi connectivity index (χ0n) is 8.10. The van der Waals surface area contributed by atoms with Crippen LogP contribution in [0.25, 0.3) is 0 Å². The van der Waals surface area contributed by atoms with Crippen molar-refractivity contribution in [3.05, 3.63) is 24.0 Å². The first-order valence-corrected chi connectivity index (χ1v) is 4.49. The Hall–Kier alpha value is -1.42. The molecule has 0 spiro atoms. The molecule has 0 atom stereocenters. The van der Waals surface area contributed by atoms with E-state index in [2.05, 4.69) is 4.98 Å². The number of ether oxygens (including phenoxy) is 2. The van der Waals surface area contributed by atoms with Gasteiger partial charge in [-0.1, -0.05) is 0 Å². The summed E-state index contributed by atoms with van der Waals surface area (Å²) >= 11 is 0. The first kappa shape index (κ1) is 10.7. The van der Waals surface area contributed by atoms with Crippen molar-refractivity contribution in [3.63, 3.8) is 0 Å². The maximum atomic E-state index is 10.5. The second-order valence-corrected chi connectivity index (χ2v) is 2.55. The molecule has 0 aliphatic rings. The third kappa shape index (κ3) is 3.14. The number of hydrogen-bond acceptors (Lipinski definition) is 4. The van der Waals surface area contributed by atoms with Gasteiger partial charge in [0.15, 0.2) is 6.29 Å². The van der Waals surface area contributed by atoms with Crippen LogP contribution in [0.1, 0.15) is 17.4 Å². The van der Waals surface area contributed by atoms with Crippen molar-refractivity contribution < 1.29 is 14.3 Å². The summed E-state index contributed by atoms with van der Waals surface area (Å²) in [4.78, 5) is 14.4. The van der Waals surface area contributed by atoms with Gasteiger partial charge in [0.05, 0.1) is 6.61 Å². The number of nitrogens with zero attached hydrogens (tertiary/aromatic N) is 1. The Labute approximate surface area is 82.9 Å². The average Bonchev–Trinajstić information content (AvgIpc) is 2.25. The van der Waals surface area contributed by atoms with Gasteiger partial charge in [0.1, 0.15) is 18.1 Å². The number of aromatic nitrogens is 1. The molecule has 0 aromatic carbocycles. The Morgan fingerprint density at radius 1 is 1.50 bits per heavy atom. The van der Waals surface area contributed by atoms with Gasteiger partial charge in [0.2, 0.25) is 0 Å². The maximum absolute atomic E-state index is 10.5. The van der Waals surface area contributed by atoms with Gasteiger partial charge in [-0.3, -0.25) is 4.79 Å². The van der Waals surface area contributed by atoms with Gasteiger partial charge in [-0.25, -0.2) is 4.98 Å². The number of carbonyl (C=O) groups is 1. The van der Waals surface area contributed by atoms with Crippen LogP contribution in [0.5, 0.6) is 5.75 Å². The molecule has 0 saturated carbocycles. The molecular weight excluding hydrogens is 182 g/mol. The van der Waals surface area contributed by atoms with Crippen LogP contribution < -0.4 is 4.74 Å². The highest BCUT2D eigenvalue weighted by Gasteiger charge is 2.01. The van der Waals surface area contributed by atoms with Gasteiger partial charge in [0.25, 0.3) is 0 Å². The van der Waals surface area contributed by atoms with Crippen LogP contribution in [0.15, 0.2) is 18.3 Å². The molecule has 4 heteroatoms. The lowest BCUT2D eigenvalue weighted by molar-refractivity contribution is 0.106. The maximum Gasteiger partial charge on any atom is 0.172 e. The van der Waals surface area contributed by atoms with E-state index in [1.54, 1.807) is 18.3 Å². The molecule has 76 valence electrons. The van der Waals surface area contributed by atoms with Gasteiger partial charge in [-0.05, 0) is 19.1 Å². The van der Waals surface area contributed by atoms with E-state index < -0.39 is 0 Å². The van der Waals surface area contributed by atoms with Crippen LogP contribution in [-0.2, 0) is 4.74 Å². The topological polar surface area (TPSA) is 48.4 Å². The molecule has 0 radical (unpaired) electrons. The Balaban J connectivity index is 2.45. The molecule has 1 aromatic rings. The SMILES string of the molecule is CCOCCOc1cccnc1C=O. The molecule has 1 heterocycles. The second-order valence-electron chi connectivity index (χ2n) is 2.55. The Morgan fingerprint density at radius 3 is 3.07 bits per heavy atom. The van der Waals surface area contributed by atoms with E-state index in [1.165, 1.54) is 0 Å². The van der Waals surface area contributed by atoms with Crippen molar-refractivity contribution in [3.8, 4) is 5.75 Å². The minimum Gasteiger partial charge on any atom is -0.489 e. The lowest BCUT2D eigenvalue weighted by atomic mass is 10.3. The molecule has 0 bridgehead atoms. The first-order valence-electron chi connectivity index (χ1n) is 4.49. The Morgan fingerprint density at radius 2 is 2.36 bits per heavy atom. The predicted molar refractivity (Wildman–Crippen MR) is 51.6 cm³/mol. The molecule has 0 unspecified atom stereocenters. The summed E-state index contributed by atoms with van der Waals surface area (Å²) in [6.07, 6.45) is 2.23. The van der Waals surface area contributed by atoms with Gasteiger partial charge in [0, 0.05) is 12.8 Å². The summed E-state index contributed by atoms with van der Waals surface area (Å²) in [5.74, 6) is 0.502. The van der Waals surface area contributed by atoms with Crippen molar-refractivity contribution >= 4 is 6.29 Å². The Kier molecular flexibility index (Phi) is 4.64. The summed E-state index contributed by atoms with van der Waals surface area (Å²) in [6, 6.07) is 3.44. The van der Waals surface area contributed by atoms with Crippen molar-refractivity contribution in [2.24, 2.45) is 0 Å². The van der Waals surface area contributed by atoms with Crippen molar-refractivity contribution in [1.29, 1.82) is 0 Å². The fourth-order valence-corrected chi connectivity index (χ4v) is 0.968. The van der Waals surface area contributed by atoms with Gasteiger partial charge >= 0.3 is 0 Å². The molecule has 14 heavy (non-hydrogen) atoms. The zero-order valence-corrected chi connectivity index (χ0v) is 8.10. The molecule has 0 fully saturated rings. The van der Waals surface area contributed by atoms with Crippen molar-refractivity contribution in [1.82, 2.24) is 4.98 Å². The lowest BCUT2D eigenvalue weighted by Gasteiger charge is -2.06. The third-order valence-electron chi connectivity index (χ3n) is 1.60. The van der Waals surface area contributed by atoms with Gasteiger partial charge < -0.3 is 9.47 Å². The summed E-state index contributed by atoms with van der Waals surface area (Å²) in [6.45, 7) is 3.53. The molecule has 1 aromatic heterocycles. The van der Waals surface area contributed by atoms with E-state index in [0.717, 1.165) is 0 Å². The number of hydrogen-bond donors (Lipinski definition) is 0. The quantitative estimate of drug-likeness (QED) is 0.507. The smallest absolute Gasteiger partial charge is 0.172 e. The fraction of sp³-hybridized carbons (Fsp3) is 0.400. The molecule has 0 N–H and O–H groups in total. The molecular formula is C10H13NO3. The van der Waals surface area contributed by atoms with Crippen molar-refractivity contribution in [2.45, 2.75) is 6.92 Å². The normalized spacial score (nSPS) is 9.79. The highest BCUT2D eigenvalue weighted by Crippen LogP contribution is 2.12. The van der Waals surface area contributed by atoms with E-state index in [4.69, 9.17) is 9.47 Å². The second kappa shape index (κ2) is 6.10. The molecule has 0 aliphatic carbocycles. The van der Waals surface area contributed by atoms with E-state index in [1.807, 2.05) is 6.92 Å². The highest BCUT2D eigenvalue weighted by molar-refractivity contribution is 5.75. The molecule has 0 amide bonds. The predicted octanol–water partition coefficient (Wildman–Crippen LogP) is 1.31. The summed E-state index contributed by atoms with van der Waals surface area (Å²) in [7, 11) is 0. The summed E-state index contributed by atoms with van der Waals surface area (Å²) in [5, 5.41) is 0. The summed E-state index contributed by atoms with van der Waals surface area (Å²) < 4.78 is 10.4. The number of carbonyl (C=O) groups excluding carboxylic acids is 1. The van der Waals surface area contributed by atoms with Crippen LogP contribution in [0.3, 0.4) is 0 Å². The minimum absolute atomic E-state index is 0.323. The monoisotopic (exact) mass is 195 g/mol. The molecule has 1 rings (SSSR count). The van der Waals surface area contributed by atoms with E-state index in [-0.39, 0.29) is 0 Å². The van der Waals surface area contributed by atoms with Crippen LogP contribution in [0, 0.1) is 0 Å². The zero-order chi connectivity index (χ0) is 10.2. The van der Waals surface area contributed by atoms with E-state index in [0.29, 0.717) is 37.6 Å². The highest BCUT2D eigenvalue weighted by atomic mass is 16.5. The van der Waals surface area contributed by atoms with Gasteiger partial charge in [-0.2, -0.15) is 0 Å².